The van der Waals surface area contributed by atoms with Crippen molar-refractivity contribution in [2.45, 2.75) is 181 Å². The maximum Gasteiger partial charge on any atom is 0.257 e. The molecule has 84 heavy (non-hydrogen) atoms. The normalized spacial score (nSPS) is 20.6. The zero-order chi connectivity index (χ0) is 59.9. The summed E-state index contributed by atoms with van der Waals surface area (Å²) in [4.78, 5) is 66.6. The molecule has 0 bridgehead atoms. The standard InChI is InChI=1S/C34H47N5O4.C33H45N5O3/c1-22(2)35-31(40)24-7-11-27(12-8-24)39-30-20-23(21-38-18-16-26(17-19-38)34(3,4)42)6-15-29(30)36-33(39)37-32(41)25-9-13-28(43-5)14-10-25;1-22(2)34-30(39)25-11-13-27(14-12-25)38-29-20-23(21-37-18-16-26(17-19-37)33(3,4)41)10-15-28(29)35-32(38)36-31(40)24-8-6-5-7-9-24/h6,9-10,13-15,20,22,24,26-27,42H,7-8,11-12,16-19,21H2,1-5H3,(H,35,40)(H,36,37,41);5-10,15,20,22,25-27,41H,11-14,16-19,21H2,1-4H3,(H,34,39)(H,35,36,40). The van der Waals surface area contributed by atoms with Crippen molar-refractivity contribution in [3.05, 3.63) is 113 Å². The van der Waals surface area contributed by atoms with Gasteiger partial charge in [0.05, 0.1) is 40.4 Å². The molecule has 17 nitrogen and oxygen atoms in total. The number of aromatic nitrogens is 4. The van der Waals surface area contributed by atoms with Crippen molar-refractivity contribution in [2.24, 2.45) is 23.7 Å². The summed E-state index contributed by atoms with van der Waals surface area (Å²) < 4.78 is 9.64. The highest BCUT2D eigenvalue weighted by atomic mass is 16.5. The fourth-order valence-electron chi connectivity index (χ4n) is 13.2. The number of hydrogen-bond donors (Lipinski definition) is 6. The van der Waals surface area contributed by atoms with Crippen molar-refractivity contribution in [1.82, 2.24) is 39.5 Å². The van der Waals surface area contributed by atoms with Crippen molar-refractivity contribution < 1.29 is 34.1 Å². The van der Waals surface area contributed by atoms with E-state index in [0.29, 0.717) is 40.6 Å². The number of carbonyl (C=O) groups excluding carboxylic acids is 4. The first kappa shape index (κ1) is 61.9. The number of fused-ring (bicyclic) bond motifs is 2. The van der Waals surface area contributed by atoms with Crippen LogP contribution in [0.5, 0.6) is 5.75 Å². The molecule has 2 aromatic heterocycles. The molecule has 0 atom stereocenters. The third-order valence-corrected chi connectivity index (χ3v) is 18.1. The van der Waals surface area contributed by atoms with Gasteiger partial charge in [-0.2, -0.15) is 0 Å². The van der Waals surface area contributed by atoms with Crippen molar-refractivity contribution in [1.29, 1.82) is 0 Å². The Balaban J connectivity index is 0.000000202. The van der Waals surface area contributed by atoms with Crippen LogP contribution in [0.4, 0.5) is 11.9 Å². The highest BCUT2D eigenvalue weighted by molar-refractivity contribution is 6.05. The molecule has 4 fully saturated rings. The van der Waals surface area contributed by atoms with Crippen LogP contribution in [0, 0.1) is 23.7 Å². The van der Waals surface area contributed by atoms with Crippen LogP contribution >= 0.6 is 0 Å². The first-order valence-corrected chi connectivity index (χ1v) is 30.9. The van der Waals surface area contributed by atoms with Gasteiger partial charge < -0.3 is 34.7 Å². The number of methoxy groups -OCH3 is 1. The number of benzene rings is 4. The minimum absolute atomic E-state index is 0.00756. The predicted octanol–water partition coefficient (Wildman–Crippen LogP) is 11.1. The lowest BCUT2D eigenvalue weighted by Gasteiger charge is -2.37. The molecule has 4 aliphatic rings. The molecule has 6 aromatic rings. The highest BCUT2D eigenvalue weighted by Crippen LogP contribution is 2.40. The summed E-state index contributed by atoms with van der Waals surface area (Å²) in [5, 5.41) is 33.2. The average Bonchev–Trinajstić information content (AvgIpc) is 4.23. The molecule has 0 unspecified atom stereocenters. The van der Waals surface area contributed by atoms with Crippen molar-refractivity contribution in [3.63, 3.8) is 0 Å². The summed E-state index contributed by atoms with van der Waals surface area (Å²) in [5.41, 5.74) is 5.99. The molecule has 2 saturated carbocycles. The Morgan fingerprint density at radius 2 is 0.917 bits per heavy atom. The molecule has 0 radical (unpaired) electrons. The fraction of sp³-hybridized carbons (Fsp3) is 0.552. The monoisotopic (exact) mass is 1150 g/mol. The van der Waals surface area contributed by atoms with Gasteiger partial charge in [-0.25, -0.2) is 9.97 Å². The van der Waals surface area contributed by atoms with Gasteiger partial charge in [0, 0.05) is 60.2 Å². The van der Waals surface area contributed by atoms with Gasteiger partial charge in [0.25, 0.3) is 11.8 Å². The Labute approximate surface area is 496 Å². The second kappa shape index (κ2) is 27.1. The van der Waals surface area contributed by atoms with E-state index in [2.05, 4.69) is 76.6 Å². The minimum atomic E-state index is -0.640. The van der Waals surface area contributed by atoms with Crippen LogP contribution in [0.15, 0.2) is 91.0 Å². The van der Waals surface area contributed by atoms with Crippen molar-refractivity contribution in [3.8, 4) is 5.75 Å². The zero-order valence-electron chi connectivity index (χ0n) is 51.1. The Morgan fingerprint density at radius 3 is 1.27 bits per heavy atom. The van der Waals surface area contributed by atoms with Gasteiger partial charge in [0.15, 0.2) is 0 Å². The highest BCUT2D eigenvalue weighted by Gasteiger charge is 2.35. The molecular formula is C67H92N10O7. The van der Waals surface area contributed by atoms with Crippen LogP contribution in [0.25, 0.3) is 22.1 Å². The molecule has 17 heteroatoms. The quantitative estimate of drug-likeness (QED) is 0.0506. The van der Waals surface area contributed by atoms with E-state index in [-0.39, 0.29) is 59.6 Å². The van der Waals surface area contributed by atoms with E-state index < -0.39 is 11.2 Å². The lowest BCUT2D eigenvalue weighted by atomic mass is 9.83. The number of rotatable bonds is 17. The SMILES string of the molecule is CC(C)NC(=O)C1CCC(n2c(NC(=O)c3ccccc3)nc3ccc(CN4CCC(C(C)(C)O)CC4)cc32)CC1.COc1ccc(C(=O)Nc2nc3ccc(CN4CCC(C(C)(C)O)CC4)cc3n2C2CCC(C(=O)NC(C)C)CC2)cc1. The largest absolute Gasteiger partial charge is 0.497 e. The zero-order valence-corrected chi connectivity index (χ0v) is 51.1. The molecule has 2 saturated heterocycles. The van der Waals surface area contributed by atoms with Gasteiger partial charge in [-0.3, -0.25) is 39.6 Å². The number of nitrogens with zero attached hydrogens (tertiary/aromatic N) is 6. The van der Waals surface area contributed by atoms with E-state index in [1.807, 2.05) is 73.6 Å². The molecule has 4 aromatic carbocycles. The van der Waals surface area contributed by atoms with Crippen LogP contribution in [0.3, 0.4) is 0 Å². The number of anilines is 2. The Morgan fingerprint density at radius 1 is 0.536 bits per heavy atom. The van der Waals surface area contributed by atoms with Crippen LogP contribution < -0.4 is 26.0 Å². The number of aliphatic hydroxyl groups is 2. The van der Waals surface area contributed by atoms with Gasteiger partial charge in [-0.05, 0) is 242 Å². The van der Waals surface area contributed by atoms with Gasteiger partial charge in [0.1, 0.15) is 5.75 Å². The third kappa shape index (κ3) is 15.6. The summed E-state index contributed by atoms with van der Waals surface area (Å²) in [5.74, 6) is 2.34. The molecule has 0 spiro atoms. The van der Waals surface area contributed by atoms with Gasteiger partial charge in [-0.1, -0.05) is 30.3 Å². The number of piperidine rings is 2. The van der Waals surface area contributed by atoms with E-state index in [4.69, 9.17) is 14.7 Å². The van der Waals surface area contributed by atoms with Gasteiger partial charge in [0.2, 0.25) is 23.7 Å². The summed E-state index contributed by atoms with van der Waals surface area (Å²) in [6.45, 7) is 21.2. The Bertz CT molecular complexity index is 3180. The summed E-state index contributed by atoms with van der Waals surface area (Å²) in [7, 11) is 1.60. The predicted molar refractivity (Wildman–Crippen MR) is 332 cm³/mol. The van der Waals surface area contributed by atoms with Crippen molar-refractivity contribution >= 4 is 57.6 Å². The molecule has 4 heterocycles. The second-order valence-corrected chi connectivity index (χ2v) is 26.0. The van der Waals surface area contributed by atoms with Crippen molar-refractivity contribution in [2.75, 3.05) is 43.9 Å². The Kier molecular flexibility index (Phi) is 20.0. The lowest BCUT2D eigenvalue weighted by Crippen LogP contribution is -2.41. The topological polar surface area (TPSA) is 208 Å². The summed E-state index contributed by atoms with van der Waals surface area (Å²) >= 11 is 0. The second-order valence-electron chi connectivity index (χ2n) is 26.0. The smallest absolute Gasteiger partial charge is 0.257 e. The number of hydrogen-bond acceptors (Lipinski definition) is 11. The van der Waals surface area contributed by atoms with Crippen LogP contribution in [0.1, 0.15) is 176 Å². The maximum absolute atomic E-state index is 13.3. The maximum atomic E-state index is 13.3. The molecule has 6 N–H and O–H groups in total. The number of likely N-dealkylation sites (tertiary alicyclic amines) is 2. The summed E-state index contributed by atoms with van der Waals surface area (Å²) in [6.07, 6.45) is 10.5. The first-order chi connectivity index (χ1) is 40.1. The van der Waals surface area contributed by atoms with Crippen LogP contribution in [0.2, 0.25) is 0 Å². The van der Waals surface area contributed by atoms with Gasteiger partial charge in [-0.15, -0.1) is 0 Å². The number of nitrogens with one attached hydrogen (secondary N) is 4. The van der Waals surface area contributed by atoms with E-state index in [1.165, 1.54) is 11.1 Å². The third-order valence-electron chi connectivity index (χ3n) is 18.1. The van der Waals surface area contributed by atoms with E-state index in [1.54, 1.807) is 43.5 Å². The molecule has 10 rings (SSSR count). The van der Waals surface area contributed by atoms with E-state index in [0.717, 1.165) is 138 Å². The molecule has 452 valence electrons. The molecule has 2 aliphatic carbocycles. The van der Waals surface area contributed by atoms with Gasteiger partial charge >= 0.3 is 0 Å². The molecule has 4 amide bonds. The first-order valence-electron chi connectivity index (χ1n) is 30.9. The number of imidazole rings is 2. The lowest BCUT2D eigenvalue weighted by molar-refractivity contribution is -0.127. The minimum Gasteiger partial charge on any atom is -0.497 e. The fourth-order valence-corrected chi connectivity index (χ4v) is 13.2. The number of carbonyl (C=O) groups is 4. The van der Waals surface area contributed by atoms with Crippen LogP contribution in [-0.2, 0) is 22.7 Å². The molecular weight excluding hydrogens is 1060 g/mol. The Hall–Kier alpha value is -6.66. The number of ether oxygens (including phenoxy) is 1. The average molecular weight is 1150 g/mol. The molecule has 2 aliphatic heterocycles. The van der Waals surface area contributed by atoms with Crippen LogP contribution in [-0.4, -0.2) is 119 Å². The number of amides is 4. The van der Waals surface area contributed by atoms with E-state index >= 15 is 0 Å². The van der Waals surface area contributed by atoms with E-state index in [9.17, 15) is 29.4 Å². The summed E-state index contributed by atoms with van der Waals surface area (Å²) in [6, 6.07) is 29.6.